The number of nitrogens with zero attached hydrogens (tertiary/aromatic N) is 3. The maximum atomic E-state index is 13.2. The number of rotatable bonds is 4. The van der Waals surface area contributed by atoms with E-state index in [1.54, 1.807) is 18.3 Å². The highest BCUT2D eigenvalue weighted by molar-refractivity contribution is 5.96. The van der Waals surface area contributed by atoms with Crippen LogP contribution in [0.15, 0.2) is 72.9 Å². The summed E-state index contributed by atoms with van der Waals surface area (Å²) in [6.07, 6.45) is 1.66. The Morgan fingerprint density at radius 1 is 0.871 bits per heavy atom. The normalized spacial score (nSPS) is 14.4. The standard InChI is InChI=1S/C26H29N3O2/c1-26(2,3)20-11-13-22(14-12-20)31-24-23(10-7-15-27-24)25(30)29-18-16-28(17-19-29)21-8-5-4-6-9-21/h4-15H,16-19H2,1-3H3. The minimum Gasteiger partial charge on any atom is -0.438 e. The van der Waals surface area contributed by atoms with Gasteiger partial charge in [0.25, 0.3) is 5.91 Å². The molecule has 1 aliphatic heterocycles. The van der Waals surface area contributed by atoms with Crippen LogP contribution in [0.1, 0.15) is 36.7 Å². The van der Waals surface area contributed by atoms with Gasteiger partial charge in [0.2, 0.25) is 5.88 Å². The Labute approximate surface area is 184 Å². The van der Waals surface area contributed by atoms with E-state index in [0.717, 1.165) is 13.1 Å². The molecule has 0 aliphatic carbocycles. The topological polar surface area (TPSA) is 45.7 Å². The third kappa shape index (κ3) is 4.88. The van der Waals surface area contributed by atoms with Crippen LogP contribution in [0.3, 0.4) is 0 Å². The number of carbonyl (C=O) groups is 1. The van der Waals surface area contributed by atoms with Crippen LogP contribution in [0.4, 0.5) is 5.69 Å². The average Bonchev–Trinajstić information content (AvgIpc) is 2.79. The second-order valence-corrected chi connectivity index (χ2v) is 8.85. The lowest BCUT2D eigenvalue weighted by Crippen LogP contribution is -2.48. The molecule has 160 valence electrons. The number of ether oxygens (including phenoxy) is 1. The lowest BCUT2D eigenvalue weighted by atomic mass is 9.87. The first-order valence-electron chi connectivity index (χ1n) is 10.7. The van der Waals surface area contributed by atoms with Crippen LogP contribution in [0.2, 0.25) is 0 Å². The highest BCUT2D eigenvalue weighted by atomic mass is 16.5. The Kier molecular flexibility index (Phi) is 5.94. The van der Waals surface area contributed by atoms with E-state index in [4.69, 9.17) is 4.74 Å². The smallest absolute Gasteiger partial charge is 0.259 e. The molecule has 1 fully saturated rings. The van der Waals surface area contributed by atoms with Gasteiger partial charge >= 0.3 is 0 Å². The largest absolute Gasteiger partial charge is 0.438 e. The first-order valence-corrected chi connectivity index (χ1v) is 10.7. The van der Waals surface area contributed by atoms with Gasteiger partial charge in [-0.3, -0.25) is 4.79 Å². The molecule has 4 rings (SSSR count). The number of piperazine rings is 1. The van der Waals surface area contributed by atoms with Gasteiger partial charge in [0, 0.05) is 38.1 Å². The lowest BCUT2D eigenvalue weighted by molar-refractivity contribution is 0.0743. The van der Waals surface area contributed by atoms with Crippen LogP contribution in [-0.2, 0) is 5.41 Å². The fraction of sp³-hybridized carbons (Fsp3) is 0.308. The summed E-state index contributed by atoms with van der Waals surface area (Å²) in [7, 11) is 0. The summed E-state index contributed by atoms with van der Waals surface area (Å²) in [5.74, 6) is 0.985. The molecule has 2 aromatic carbocycles. The number of anilines is 1. The number of hydrogen-bond acceptors (Lipinski definition) is 4. The summed E-state index contributed by atoms with van der Waals surface area (Å²) < 4.78 is 6.01. The second-order valence-electron chi connectivity index (χ2n) is 8.85. The summed E-state index contributed by atoms with van der Waals surface area (Å²) in [5.41, 5.74) is 3.00. The zero-order chi connectivity index (χ0) is 21.8. The van der Waals surface area contributed by atoms with E-state index in [9.17, 15) is 4.79 Å². The molecule has 0 bridgehead atoms. The molecule has 0 radical (unpaired) electrons. The molecule has 0 atom stereocenters. The number of benzene rings is 2. The highest BCUT2D eigenvalue weighted by Crippen LogP contribution is 2.28. The number of carbonyl (C=O) groups excluding carboxylic acids is 1. The summed E-state index contributed by atoms with van der Waals surface area (Å²) in [6, 6.07) is 21.9. The third-order valence-electron chi connectivity index (χ3n) is 5.62. The SMILES string of the molecule is CC(C)(C)c1ccc(Oc2ncccc2C(=O)N2CCN(c3ccccc3)CC2)cc1. The predicted octanol–water partition coefficient (Wildman–Crippen LogP) is 5.13. The van der Waals surface area contributed by atoms with E-state index in [2.05, 4.69) is 54.9 Å². The fourth-order valence-electron chi connectivity index (χ4n) is 3.75. The molecule has 1 aromatic heterocycles. The maximum absolute atomic E-state index is 13.2. The Morgan fingerprint density at radius 3 is 2.19 bits per heavy atom. The number of hydrogen-bond donors (Lipinski definition) is 0. The van der Waals surface area contributed by atoms with Crippen LogP contribution in [0.5, 0.6) is 11.6 Å². The molecule has 0 saturated carbocycles. The molecule has 2 heterocycles. The molecule has 0 unspecified atom stereocenters. The molecule has 3 aromatic rings. The van der Waals surface area contributed by atoms with Gasteiger partial charge in [0.05, 0.1) is 0 Å². The Balaban J connectivity index is 1.45. The molecule has 31 heavy (non-hydrogen) atoms. The van der Waals surface area contributed by atoms with Crippen molar-refractivity contribution in [2.45, 2.75) is 26.2 Å². The van der Waals surface area contributed by atoms with Crippen molar-refractivity contribution < 1.29 is 9.53 Å². The van der Waals surface area contributed by atoms with E-state index in [0.29, 0.717) is 30.3 Å². The van der Waals surface area contributed by atoms with E-state index in [1.807, 2.05) is 35.2 Å². The predicted molar refractivity (Wildman–Crippen MR) is 124 cm³/mol. The van der Waals surface area contributed by atoms with Crippen molar-refractivity contribution in [1.82, 2.24) is 9.88 Å². The lowest BCUT2D eigenvalue weighted by Gasteiger charge is -2.36. The van der Waals surface area contributed by atoms with E-state index >= 15 is 0 Å². The molecule has 1 aliphatic rings. The maximum Gasteiger partial charge on any atom is 0.259 e. The van der Waals surface area contributed by atoms with Gasteiger partial charge in [-0.1, -0.05) is 51.1 Å². The summed E-state index contributed by atoms with van der Waals surface area (Å²) in [4.78, 5) is 21.8. The van der Waals surface area contributed by atoms with Crippen molar-refractivity contribution in [2.75, 3.05) is 31.1 Å². The van der Waals surface area contributed by atoms with E-state index < -0.39 is 0 Å². The van der Waals surface area contributed by atoms with Gasteiger partial charge in [0.1, 0.15) is 11.3 Å². The average molecular weight is 416 g/mol. The Morgan fingerprint density at radius 2 is 1.55 bits per heavy atom. The van der Waals surface area contributed by atoms with Crippen molar-refractivity contribution in [1.29, 1.82) is 0 Å². The molecular formula is C26H29N3O2. The fourth-order valence-corrected chi connectivity index (χ4v) is 3.75. The Hall–Kier alpha value is -3.34. The van der Waals surface area contributed by atoms with E-state index in [-0.39, 0.29) is 11.3 Å². The second kappa shape index (κ2) is 8.80. The zero-order valence-electron chi connectivity index (χ0n) is 18.4. The highest BCUT2D eigenvalue weighted by Gasteiger charge is 2.25. The quantitative estimate of drug-likeness (QED) is 0.592. The van der Waals surface area contributed by atoms with Crippen LogP contribution in [0.25, 0.3) is 0 Å². The third-order valence-corrected chi connectivity index (χ3v) is 5.62. The molecular weight excluding hydrogens is 386 g/mol. The van der Waals surface area contributed by atoms with Gasteiger partial charge in [-0.25, -0.2) is 4.98 Å². The van der Waals surface area contributed by atoms with Gasteiger partial charge in [-0.2, -0.15) is 0 Å². The minimum atomic E-state index is -0.0397. The molecule has 1 amide bonds. The summed E-state index contributed by atoms with van der Waals surface area (Å²) in [6.45, 7) is 9.48. The van der Waals surface area contributed by atoms with Crippen molar-refractivity contribution in [3.8, 4) is 11.6 Å². The van der Waals surface area contributed by atoms with Gasteiger partial charge in [0.15, 0.2) is 0 Å². The van der Waals surface area contributed by atoms with E-state index in [1.165, 1.54) is 11.3 Å². The first kappa shape index (κ1) is 20.9. The molecule has 1 saturated heterocycles. The van der Waals surface area contributed by atoms with Crippen LogP contribution >= 0.6 is 0 Å². The first-order chi connectivity index (χ1) is 14.9. The Bertz CT molecular complexity index is 1020. The van der Waals surface area contributed by atoms with Gasteiger partial charge in [-0.15, -0.1) is 0 Å². The number of pyridine rings is 1. The van der Waals surface area contributed by atoms with Crippen LogP contribution < -0.4 is 9.64 Å². The monoisotopic (exact) mass is 415 g/mol. The number of aromatic nitrogens is 1. The molecule has 0 N–H and O–H groups in total. The van der Waals surface area contributed by atoms with Crippen molar-refractivity contribution in [2.24, 2.45) is 0 Å². The van der Waals surface area contributed by atoms with Crippen LogP contribution in [0, 0.1) is 0 Å². The van der Waals surface area contributed by atoms with Gasteiger partial charge < -0.3 is 14.5 Å². The number of amides is 1. The zero-order valence-corrected chi connectivity index (χ0v) is 18.4. The minimum absolute atomic E-state index is 0.0397. The van der Waals surface area contributed by atoms with Crippen molar-refractivity contribution >= 4 is 11.6 Å². The van der Waals surface area contributed by atoms with Crippen molar-refractivity contribution in [3.05, 3.63) is 84.1 Å². The summed E-state index contributed by atoms with van der Waals surface area (Å²) in [5, 5.41) is 0. The van der Waals surface area contributed by atoms with Gasteiger partial charge in [-0.05, 0) is 47.4 Å². The molecule has 0 spiro atoms. The van der Waals surface area contributed by atoms with Crippen molar-refractivity contribution in [3.63, 3.8) is 0 Å². The summed E-state index contributed by atoms with van der Waals surface area (Å²) >= 11 is 0. The van der Waals surface area contributed by atoms with Crippen LogP contribution in [-0.4, -0.2) is 42.0 Å². The number of para-hydroxylation sites is 1. The molecule has 5 nitrogen and oxygen atoms in total. The molecule has 5 heteroatoms.